The van der Waals surface area contributed by atoms with E-state index in [1.807, 2.05) is 0 Å². The van der Waals surface area contributed by atoms with E-state index in [9.17, 15) is 22.8 Å². The number of hydrogen-bond acceptors (Lipinski definition) is 3. The number of benzene rings is 2. The number of thiophene rings is 1. The zero-order valence-electron chi connectivity index (χ0n) is 16.1. The van der Waals surface area contributed by atoms with Gasteiger partial charge in [0, 0.05) is 23.0 Å². The Morgan fingerprint density at radius 3 is 2.58 bits per heavy atom. The smallest absolute Gasteiger partial charge is 0.321 e. The molecule has 0 bridgehead atoms. The Morgan fingerprint density at radius 1 is 1.19 bits per heavy atom. The van der Waals surface area contributed by atoms with Crippen LogP contribution in [0.15, 0.2) is 48.5 Å². The Morgan fingerprint density at radius 2 is 1.90 bits per heavy atom. The number of amides is 2. The molecule has 160 valence electrons. The Kier molecular flexibility index (Phi) is 5.53. The van der Waals surface area contributed by atoms with Gasteiger partial charge >= 0.3 is 6.18 Å². The molecule has 2 heterocycles. The molecule has 0 radical (unpaired) electrons. The van der Waals surface area contributed by atoms with Gasteiger partial charge in [0.15, 0.2) is 0 Å². The van der Waals surface area contributed by atoms with Crippen molar-refractivity contribution in [3.05, 3.63) is 80.7 Å². The highest BCUT2D eigenvalue weighted by molar-refractivity contribution is 7.18. The third-order valence-electron chi connectivity index (χ3n) is 5.11. The van der Waals surface area contributed by atoms with Crippen LogP contribution in [0.2, 0.25) is 5.02 Å². The van der Waals surface area contributed by atoms with Gasteiger partial charge in [-0.2, -0.15) is 13.2 Å². The van der Waals surface area contributed by atoms with Gasteiger partial charge in [0.1, 0.15) is 0 Å². The first-order chi connectivity index (χ1) is 14.6. The predicted molar refractivity (Wildman–Crippen MR) is 115 cm³/mol. The van der Waals surface area contributed by atoms with Crippen LogP contribution in [0, 0.1) is 6.92 Å². The summed E-state index contributed by atoms with van der Waals surface area (Å²) < 4.78 is 39.6. The number of hydrogen-bond donors (Lipinski definition) is 2. The standard InChI is InChI=1S/C22H16ClF3N2O2S/c1-11-18-16(12-3-2-4-13(9-12)22(24,25)26)10-17(29)28-21(18)31-19(11)20(30)27-15-7-5-14(23)6-8-15/h2-9,16H,10H2,1H3,(H,27,30)(H,28,29)/t16-/m0/s1. The highest BCUT2D eigenvalue weighted by atomic mass is 35.5. The van der Waals surface area contributed by atoms with Gasteiger partial charge in [-0.05, 0) is 53.9 Å². The lowest BCUT2D eigenvalue weighted by Gasteiger charge is -2.24. The molecule has 9 heteroatoms. The third-order valence-corrected chi connectivity index (χ3v) is 6.58. The fraction of sp³-hybridized carbons (Fsp3) is 0.182. The van der Waals surface area contributed by atoms with Crippen molar-refractivity contribution in [2.45, 2.75) is 25.4 Å². The average Bonchev–Trinajstić information content (AvgIpc) is 3.05. The van der Waals surface area contributed by atoms with Crippen molar-refractivity contribution in [2.75, 3.05) is 10.6 Å². The number of halogens is 4. The molecule has 1 atom stereocenters. The zero-order chi connectivity index (χ0) is 22.3. The van der Waals surface area contributed by atoms with Gasteiger partial charge < -0.3 is 10.6 Å². The van der Waals surface area contributed by atoms with Gasteiger partial charge in [-0.25, -0.2) is 0 Å². The van der Waals surface area contributed by atoms with Gasteiger partial charge in [0.05, 0.1) is 15.4 Å². The Hall–Kier alpha value is -2.84. The molecule has 1 aliphatic heterocycles. The first-order valence-electron chi connectivity index (χ1n) is 9.30. The Bertz CT molecular complexity index is 1170. The first-order valence-corrected chi connectivity index (χ1v) is 10.5. The van der Waals surface area contributed by atoms with Gasteiger partial charge in [0.25, 0.3) is 5.91 Å². The number of anilines is 2. The van der Waals surface area contributed by atoms with Crippen LogP contribution in [0.1, 0.15) is 44.3 Å². The summed E-state index contributed by atoms with van der Waals surface area (Å²) in [7, 11) is 0. The SMILES string of the molecule is Cc1c(C(=O)Nc2ccc(Cl)cc2)sc2c1[C@H](c1cccc(C(F)(F)F)c1)CC(=O)N2. The van der Waals surface area contributed by atoms with Crippen LogP contribution in [0.25, 0.3) is 0 Å². The van der Waals surface area contributed by atoms with Crippen molar-refractivity contribution in [3.8, 4) is 0 Å². The second-order valence-corrected chi connectivity index (χ2v) is 8.65. The summed E-state index contributed by atoms with van der Waals surface area (Å²) in [5.74, 6) is -1.24. The summed E-state index contributed by atoms with van der Waals surface area (Å²) in [5.41, 5.74) is 1.47. The molecule has 0 aliphatic carbocycles. The maximum atomic E-state index is 13.2. The van der Waals surface area contributed by atoms with E-state index in [-0.39, 0.29) is 18.2 Å². The van der Waals surface area contributed by atoms with Crippen LogP contribution in [-0.2, 0) is 11.0 Å². The van der Waals surface area contributed by atoms with E-state index < -0.39 is 17.7 Å². The normalized spacial score (nSPS) is 15.9. The summed E-state index contributed by atoms with van der Waals surface area (Å²) in [5, 5.41) is 6.55. The highest BCUT2D eigenvalue weighted by Crippen LogP contribution is 2.46. The molecule has 4 nitrogen and oxygen atoms in total. The molecule has 0 spiro atoms. The summed E-state index contributed by atoms with van der Waals surface area (Å²) >= 11 is 6.98. The molecule has 0 saturated heterocycles. The molecular formula is C22H16ClF3N2O2S. The molecule has 0 fully saturated rings. The topological polar surface area (TPSA) is 58.2 Å². The van der Waals surface area contributed by atoms with E-state index in [0.29, 0.717) is 37.3 Å². The van der Waals surface area contributed by atoms with Gasteiger partial charge in [-0.15, -0.1) is 11.3 Å². The number of carbonyl (C=O) groups is 2. The van der Waals surface area contributed by atoms with Crippen LogP contribution < -0.4 is 10.6 Å². The lowest BCUT2D eigenvalue weighted by Crippen LogP contribution is -2.23. The number of rotatable bonds is 3. The Balaban J connectivity index is 1.71. The lowest BCUT2D eigenvalue weighted by molar-refractivity contribution is -0.137. The minimum Gasteiger partial charge on any atom is -0.321 e. The minimum atomic E-state index is -4.48. The van der Waals surface area contributed by atoms with Gasteiger partial charge in [-0.3, -0.25) is 9.59 Å². The van der Waals surface area contributed by atoms with Crippen molar-refractivity contribution in [1.29, 1.82) is 0 Å². The molecule has 2 N–H and O–H groups in total. The molecular weight excluding hydrogens is 449 g/mol. The summed E-state index contributed by atoms with van der Waals surface area (Å²) in [6.07, 6.45) is -4.48. The summed E-state index contributed by atoms with van der Waals surface area (Å²) in [4.78, 5) is 25.5. The van der Waals surface area contributed by atoms with Crippen LogP contribution in [0.4, 0.5) is 23.9 Å². The monoisotopic (exact) mass is 464 g/mol. The average molecular weight is 465 g/mol. The summed E-state index contributed by atoms with van der Waals surface area (Å²) in [6.45, 7) is 1.74. The van der Waals surface area contributed by atoms with Crippen LogP contribution in [0.5, 0.6) is 0 Å². The molecule has 1 aromatic heterocycles. The van der Waals surface area contributed by atoms with Crippen LogP contribution >= 0.6 is 22.9 Å². The van der Waals surface area contributed by atoms with Crippen molar-refractivity contribution in [2.24, 2.45) is 0 Å². The third kappa shape index (κ3) is 4.31. The second kappa shape index (κ2) is 8.01. The van der Waals surface area contributed by atoms with E-state index in [2.05, 4.69) is 10.6 Å². The lowest BCUT2D eigenvalue weighted by atomic mass is 9.84. The molecule has 4 rings (SSSR count). The van der Waals surface area contributed by atoms with E-state index in [1.54, 1.807) is 37.3 Å². The molecule has 3 aromatic rings. The molecule has 0 saturated carbocycles. The zero-order valence-corrected chi connectivity index (χ0v) is 17.7. The predicted octanol–water partition coefficient (Wildman–Crippen LogP) is 6.46. The highest BCUT2D eigenvalue weighted by Gasteiger charge is 2.35. The van der Waals surface area contributed by atoms with Gasteiger partial charge in [-0.1, -0.05) is 29.8 Å². The minimum absolute atomic E-state index is 0.00409. The maximum Gasteiger partial charge on any atom is 0.416 e. The molecule has 2 aromatic carbocycles. The first kappa shape index (κ1) is 21.4. The summed E-state index contributed by atoms with van der Waals surface area (Å²) in [6, 6.07) is 11.6. The number of nitrogens with one attached hydrogen (secondary N) is 2. The molecule has 2 amide bonds. The van der Waals surface area contributed by atoms with Crippen molar-refractivity contribution < 1.29 is 22.8 Å². The number of fused-ring (bicyclic) bond motifs is 1. The van der Waals surface area contributed by atoms with Gasteiger partial charge in [0.2, 0.25) is 5.91 Å². The second-order valence-electron chi connectivity index (χ2n) is 7.19. The van der Waals surface area contributed by atoms with E-state index in [4.69, 9.17) is 11.6 Å². The maximum absolute atomic E-state index is 13.2. The van der Waals surface area contributed by atoms with E-state index in [1.165, 1.54) is 6.07 Å². The fourth-order valence-corrected chi connectivity index (χ4v) is 4.96. The number of alkyl halides is 3. The van der Waals surface area contributed by atoms with Crippen LogP contribution in [0.3, 0.4) is 0 Å². The van der Waals surface area contributed by atoms with Crippen molar-refractivity contribution in [1.82, 2.24) is 0 Å². The quantitative estimate of drug-likeness (QED) is 0.467. The van der Waals surface area contributed by atoms with Crippen molar-refractivity contribution >= 4 is 45.4 Å². The molecule has 1 aliphatic rings. The Labute approximate surface area is 185 Å². The fourth-order valence-electron chi connectivity index (χ4n) is 3.66. The largest absolute Gasteiger partial charge is 0.416 e. The van der Waals surface area contributed by atoms with Crippen LogP contribution in [-0.4, -0.2) is 11.8 Å². The van der Waals surface area contributed by atoms with E-state index >= 15 is 0 Å². The van der Waals surface area contributed by atoms with E-state index in [0.717, 1.165) is 23.5 Å². The molecule has 0 unspecified atom stereocenters. The number of carbonyl (C=O) groups excluding carboxylic acids is 2. The van der Waals surface area contributed by atoms with Crippen molar-refractivity contribution in [3.63, 3.8) is 0 Å². The molecule has 31 heavy (non-hydrogen) atoms.